The Morgan fingerprint density at radius 2 is 2.25 bits per heavy atom. The number of amides is 2. The number of nitrogens with two attached hydrogens (primary N) is 1. The quantitative estimate of drug-likeness (QED) is 0.704. The maximum absolute atomic E-state index is 10.5. The molecule has 88 valence electrons. The number of hydrogen-bond donors (Lipinski definition) is 2. The van der Waals surface area contributed by atoms with E-state index in [1.54, 1.807) is 7.11 Å². The maximum Gasteiger partial charge on any atom is 0.312 e. The Morgan fingerprint density at radius 1 is 1.44 bits per heavy atom. The molecule has 0 spiro atoms. The predicted octanol–water partition coefficient (Wildman–Crippen LogP) is 0.880. The van der Waals surface area contributed by atoms with Gasteiger partial charge in [-0.25, -0.2) is 4.79 Å². The summed E-state index contributed by atoms with van der Waals surface area (Å²) in [5, 5.41) is 2.51. The van der Waals surface area contributed by atoms with Gasteiger partial charge in [-0.3, -0.25) is 0 Å². The number of nitrogens with one attached hydrogen (secondary N) is 1. The minimum absolute atomic E-state index is 0.400. The van der Waals surface area contributed by atoms with Gasteiger partial charge in [0.2, 0.25) is 0 Å². The summed E-state index contributed by atoms with van der Waals surface area (Å²) >= 11 is 0. The summed E-state index contributed by atoms with van der Waals surface area (Å²) in [7, 11) is 1.62. The van der Waals surface area contributed by atoms with Gasteiger partial charge >= 0.3 is 6.03 Å². The Kier molecular flexibility index (Phi) is 5.15. The van der Waals surface area contributed by atoms with Crippen molar-refractivity contribution in [3.8, 4) is 5.75 Å². The van der Waals surface area contributed by atoms with E-state index in [9.17, 15) is 4.79 Å². The van der Waals surface area contributed by atoms with Crippen LogP contribution in [-0.4, -0.2) is 26.4 Å². The fraction of sp³-hybridized carbons (Fsp3) is 0.364. The van der Waals surface area contributed by atoms with Crippen molar-refractivity contribution < 1.29 is 14.3 Å². The van der Waals surface area contributed by atoms with Crippen molar-refractivity contribution in [2.24, 2.45) is 5.73 Å². The first-order valence-corrected chi connectivity index (χ1v) is 4.96. The van der Waals surface area contributed by atoms with Gasteiger partial charge in [-0.2, -0.15) is 0 Å². The summed E-state index contributed by atoms with van der Waals surface area (Å²) in [6.07, 6.45) is 0. The highest BCUT2D eigenvalue weighted by Crippen LogP contribution is 2.12. The molecule has 0 aliphatic heterocycles. The Labute approximate surface area is 94.5 Å². The zero-order valence-corrected chi connectivity index (χ0v) is 9.23. The highest BCUT2D eigenvalue weighted by molar-refractivity contribution is 5.71. The van der Waals surface area contributed by atoms with Gasteiger partial charge in [0.05, 0.1) is 6.61 Å². The first-order chi connectivity index (χ1) is 7.72. The molecule has 0 radical (unpaired) electrons. The summed E-state index contributed by atoms with van der Waals surface area (Å²) in [4.78, 5) is 10.5. The number of methoxy groups -OCH3 is 1. The van der Waals surface area contributed by atoms with Crippen molar-refractivity contribution in [1.82, 2.24) is 5.32 Å². The number of carbonyl (C=O) groups excluding carboxylic acids is 1. The van der Waals surface area contributed by atoms with Crippen molar-refractivity contribution in [3.05, 3.63) is 29.8 Å². The highest BCUT2D eigenvalue weighted by atomic mass is 16.5. The number of rotatable bonds is 6. The lowest BCUT2D eigenvalue weighted by atomic mass is 10.2. The largest absolute Gasteiger partial charge is 0.491 e. The number of hydrogen-bond acceptors (Lipinski definition) is 3. The van der Waals surface area contributed by atoms with Crippen LogP contribution in [0.15, 0.2) is 24.3 Å². The van der Waals surface area contributed by atoms with Crippen LogP contribution in [0, 0.1) is 0 Å². The van der Waals surface area contributed by atoms with Gasteiger partial charge in [0, 0.05) is 13.7 Å². The van der Waals surface area contributed by atoms with E-state index in [-0.39, 0.29) is 0 Å². The lowest BCUT2D eigenvalue weighted by molar-refractivity contribution is 0.146. The fourth-order valence-electron chi connectivity index (χ4n) is 1.18. The molecule has 16 heavy (non-hydrogen) atoms. The van der Waals surface area contributed by atoms with Crippen molar-refractivity contribution in [1.29, 1.82) is 0 Å². The third-order valence-electron chi connectivity index (χ3n) is 1.92. The minimum atomic E-state index is -0.536. The van der Waals surface area contributed by atoms with E-state index in [0.717, 1.165) is 11.3 Å². The molecule has 0 aliphatic carbocycles. The SMILES string of the molecule is COCCOc1cccc(CNC(N)=O)c1. The van der Waals surface area contributed by atoms with E-state index >= 15 is 0 Å². The van der Waals surface area contributed by atoms with E-state index < -0.39 is 6.03 Å². The summed E-state index contributed by atoms with van der Waals surface area (Å²) in [6.45, 7) is 1.45. The Morgan fingerprint density at radius 3 is 2.94 bits per heavy atom. The first-order valence-electron chi connectivity index (χ1n) is 4.96. The average Bonchev–Trinajstić information content (AvgIpc) is 2.27. The molecule has 1 aromatic carbocycles. The van der Waals surface area contributed by atoms with Crippen LogP contribution in [0.2, 0.25) is 0 Å². The lowest BCUT2D eigenvalue weighted by Crippen LogP contribution is -2.28. The smallest absolute Gasteiger partial charge is 0.312 e. The second-order valence-electron chi connectivity index (χ2n) is 3.21. The van der Waals surface area contributed by atoms with E-state index in [2.05, 4.69) is 5.32 Å². The zero-order valence-electron chi connectivity index (χ0n) is 9.23. The van der Waals surface area contributed by atoms with Crippen LogP contribution in [0.25, 0.3) is 0 Å². The van der Waals surface area contributed by atoms with Crippen LogP contribution in [0.4, 0.5) is 4.79 Å². The molecule has 1 aromatic rings. The Bertz CT molecular complexity index is 342. The molecule has 0 atom stereocenters. The average molecular weight is 224 g/mol. The van der Waals surface area contributed by atoms with Crippen LogP contribution in [0.3, 0.4) is 0 Å². The van der Waals surface area contributed by atoms with Gasteiger partial charge in [-0.1, -0.05) is 12.1 Å². The molecule has 0 unspecified atom stereocenters. The van der Waals surface area contributed by atoms with Crippen LogP contribution in [0.1, 0.15) is 5.56 Å². The third kappa shape index (κ3) is 4.65. The second kappa shape index (κ2) is 6.68. The molecule has 2 amide bonds. The molecule has 0 fully saturated rings. The third-order valence-corrected chi connectivity index (χ3v) is 1.92. The van der Waals surface area contributed by atoms with Crippen molar-refractivity contribution in [2.75, 3.05) is 20.3 Å². The second-order valence-corrected chi connectivity index (χ2v) is 3.21. The minimum Gasteiger partial charge on any atom is -0.491 e. The molecular weight excluding hydrogens is 208 g/mol. The molecule has 1 rings (SSSR count). The van der Waals surface area contributed by atoms with E-state index in [0.29, 0.717) is 19.8 Å². The molecular formula is C11H16N2O3. The molecule has 0 heterocycles. The summed E-state index contributed by atoms with van der Waals surface area (Å²) < 4.78 is 10.3. The van der Waals surface area contributed by atoms with Crippen LogP contribution < -0.4 is 15.8 Å². The van der Waals surface area contributed by atoms with E-state index in [1.165, 1.54) is 0 Å². The molecule has 5 nitrogen and oxygen atoms in total. The monoisotopic (exact) mass is 224 g/mol. The molecule has 0 aromatic heterocycles. The van der Waals surface area contributed by atoms with Gasteiger partial charge in [0.1, 0.15) is 12.4 Å². The highest BCUT2D eigenvalue weighted by Gasteiger charge is 1.98. The fourth-order valence-corrected chi connectivity index (χ4v) is 1.18. The molecule has 5 heteroatoms. The Hall–Kier alpha value is -1.75. The molecule has 0 saturated carbocycles. The van der Waals surface area contributed by atoms with Gasteiger partial charge < -0.3 is 20.5 Å². The van der Waals surface area contributed by atoms with Crippen LogP contribution in [-0.2, 0) is 11.3 Å². The number of carbonyl (C=O) groups is 1. The van der Waals surface area contributed by atoms with Crippen molar-refractivity contribution in [2.45, 2.75) is 6.54 Å². The van der Waals surface area contributed by atoms with Crippen LogP contribution >= 0.6 is 0 Å². The van der Waals surface area contributed by atoms with Gasteiger partial charge in [-0.15, -0.1) is 0 Å². The van der Waals surface area contributed by atoms with E-state index in [1.807, 2.05) is 24.3 Å². The topological polar surface area (TPSA) is 73.6 Å². The first kappa shape index (κ1) is 12.3. The molecule has 0 bridgehead atoms. The van der Waals surface area contributed by atoms with Crippen molar-refractivity contribution >= 4 is 6.03 Å². The number of ether oxygens (including phenoxy) is 2. The lowest BCUT2D eigenvalue weighted by Gasteiger charge is -2.07. The zero-order chi connectivity index (χ0) is 11.8. The summed E-state index contributed by atoms with van der Waals surface area (Å²) in [5.74, 6) is 0.751. The maximum atomic E-state index is 10.5. The standard InChI is InChI=1S/C11H16N2O3/c1-15-5-6-16-10-4-2-3-9(7-10)8-13-11(12)14/h2-4,7H,5-6,8H2,1H3,(H3,12,13,14). The number of urea groups is 1. The molecule has 3 N–H and O–H groups in total. The van der Waals surface area contributed by atoms with Gasteiger partial charge in [0.25, 0.3) is 0 Å². The molecule has 0 saturated heterocycles. The summed E-state index contributed by atoms with van der Waals surface area (Å²) in [5.41, 5.74) is 5.92. The normalized spacial score (nSPS) is 9.81. The van der Waals surface area contributed by atoms with Crippen molar-refractivity contribution in [3.63, 3.8) is 0 Å². The number of primary amides is 1. The van der Waals surface area contributed by atoms with Gasteiger partial charge in [-0.05, 0) is 17.7 Å². The molecule has 0 aliphatic rings. The summed E-state index contributed by atoms with van der Waals surface area (Å²) in [6, 6.07) is 6.92. The van der Waals surface area contributed by atoms with Crippen LogP contribution in [0.5, 0.6) is 5.75 Å². The van der Waals surface area contributed by atoms with E-state index in [4.69, 9.17) is 15.2 Å². The van der Waals surface area contributed by atoms with Gasteiger partial charge in [0.15, 0.2) is 0 Å². The predicted molar refractivity (Wildman–Crippen MR) is 60.2 cm³/mol. The Balaban J connectivity index is 2.46. The number of benzene rings is 1.